The molecule has 18 heavy (non-hydrogen) atoms. The molecular weight excluding hydrogens is 228 g/mol. The molecule has 3 heteroatoms. The monoisotopic (exact) mass is 250 g/mol. The van der Waals surface area contributed by atoms with Gasteiger partial charge in [0.05, 0.1) is 18.6 Å². The van der Waals surface area contributed by atoms with E-state index >= 15 is 0 Å². The van der Waals surface area contributed by atoms with Crippen LogP contribution in [0.25, 0.3) is 0 Å². The summed E-state index contributed by atoms with van der Waals surface area (Å²) >= 11 is 0. The lowest BCUT2D eigenvalue weighted by molar-refractivity contribution is -0.152. The van der Waals surface area contributed by atoms with Crippen molar-refractivity contribution >= 4 is 5.97 Å². The standard InChI is InChI=1S/C15H22O3/c1-12(2)18-15(16)13(3)9-10-17-11-14-7-5-4-6-8-14/h4-8,12-13H,9-11H2,1-3H3. The van der Waals surface area contributed by atoms with Crippen molar-refractivity contribution in [2.24, 2.45) is 5.92 Å². The Morgan fingerprint density at radius 3 is 2.44 bits per heavy atom. The highest BCUT2D eigenvalue weighted by atomic mass is 16.5. The van der Waals surface area contributed by atoms with Gasteiger partial charge in [0.15, 0.2) is 0 Å². The molecule has 0 amide bonds. The number of hydrogen-bond donors (Lipinski definition) is 0. The van der Waals surface area contributed by atoms with Crippen LogP contribution in [0.5, 0.6) is 0 Å². The molecule has 3 nitrogen and oxygen atoms in total. The van der Waals surface area contributed by atoms with Gasteiger partial charge in [-0.2, -0.15) is 0 Å². The quantitative estimate of drug-likeness (QED) is 0.550. The summed E-state index contributed by atoms with van der Waals surface area (Å²) in [4.78, 5) is 11.5. The molecule has 0 radical (unpaired) electrons. The average Bonchev–Trinajstić information content (AvgIpc) is 2.34. The van der Waals surface area contributed by atoms with Gasteiger partial charge in [-0.15, -0.1) is 0 Å². The van der Waals surface area contributed by atoms with Gasteiger partial charge < -0.3 is 9.47 Å². The van der Waals surface area contributed by atoms with Crippen LogP contribution in [-0.2, 0) is 20.9 Å². The molecule has 1 unspecified atom stereocenters. The average molecular weight is 250 g/mol. The molecule has 1 aromatic carbocycles. The SMILES string of the molecule is CC(C)OC(=O)C(C)CCOCc1ccccc1. The molecule has 1 atom stereocenters. The zero-order chi connectivity index (χ0) is 13.4. The first-order valence-electron chi connectivity index (χ1n) is 6.41. The van der Waals surface area contributed by atoms with Crippen molar-refractivity contribution in [3.63, 3.8) is 0 Å². The van der Waals surface area contributed by atoms with Gasteiger partial charge in [0.1, 0.15) is 0 Å². The van der Waals surface area contributed by atoms with E-state index < -0.39 is 0 Å². The molecule has 0 aliphatic rings. The lowest BCUT2D eigenvalue weighted by Crippen LogP contribution is -2.20. The van der Waals surface area contributed by atoms with E-state index in [9.17, 15) is 4.79 Å². The van der Waals surface area contributed by atoms with E-state index in [0.717, 1.165) is 5.56 Å². The van der Waals surface area contributed by atoms with Crippen LogP contribution in [-0.4, -0.2) is 18.7 Å². The summed E-state index contributed by atoms with van der Waals surface area (Å²) in [6, 6.07) is 10.0. The molecule has 0 aliphatic heterocycles. The second-order valence-corrected chi connectivity index (χ2v) is 4.71. The first kappa shape index (κ1) is 14.7. The van der Waals surface area contributed by atoms with Crippen LogP contribution < -0.4 is 0 Å². The summed E-state index contributed by atoms with van der Waals surface area (Å²) in [5, 5.41) is 0. The molecule has 0 heterocycles. The zero-order valence-electron chi connectivity index (χ0n) is 11.4. The van der Waals surface area contributed by atoms with Crippen LogP contribution in [0.1, 0.15) is 32.8 Å². The Hall–Kier alpha value is -1.35. The van der Waals surface area contributed by atoms with E-state index in [1.807, 2.05) is 51.1 Å². The molecule has 1 aromatic rings. The Balaban J connectivity index is 2.16. The number of carbonyl (C=O) groups is 1. The van der Waals surface area contributed by atoms with Gasteiger partial charge in [-0.1, -0.05) is 37.3 Å². The van der Waals surface area contributed by atoms with E-state index in [4.69, 9.17) is 9.47 Å². The van der Waals surface area contributed by atoms with Crippen molar-refractivity contribution in [1.82, 2.24) is 0 Å². The van der Waals surface area contributed by atoms with Gasteiger partial charge in [-0.3, -0.25) is 4.79 Å². The molecule has 0 saturated carbocycles. The minimum Gasteiger partial charge on any atom is -0.463 e. The molecule has 0 aromatic heterocycles. The molecular formula is C15H22O3. The number of ether oxygens (including phenoxy) is 2. The molecule has 0 saturated heterocycles. The fourth-order valence-corrected chi connectivity index (χ4v) is 1.49. The van der Waals surface area contributed by atoms with Gasteiger partial charge in [0, 0.05) is 6.61 Å². The fourth-order valence-electron chi connectivity index (χ4n) is 1.49. The third-order valence-corrected chi connectivity index (χ3v) is 2.56. The number of esters is 1. The molecule has 0 bridgehead atoms. The maximum Gasteiger partial charge on any atom is 0.308 e. The molecule has 100 valence electrons. The predicted octanol–water partition coefficient (Wildman–Crippen LogP) is 3.18. The van der Waals surface area contributed by atoms with Crippen molar-refractivity contribution in [3.05, 3.63) is 35.9 Å². The topological polar surface area (TPSA) is 35.5 Å². The lowest BCUT2D eigenvalue weighted by Gasteiger charge is -2.13. The number of benzene rings is 1. The van der Waals surface area contributed by atoms with Gasteiger partial charge in [-0.05, 0) is 25.8 Å². The highest BCUT2D eigenvalue weighted by Crippen LogP contribution is 2.08. The Morgan fingerprint density at radius 2 is 1.83 bits per heavy atom. The van der Waals surface area contributed by atoms with Crippen molar-refractivity contribution in [2.75, 3.05) is 6.61 Å². The van der Waals surface area contributed by atoms with Crippen LogP contribution in [0, 0.1) is 5.92 Å². The van der Waals surface area contributed by atoms with E-state index in [1.54, 1.807) is 0 Å². The summed E-state index contributed by atoms with van der Waals surface area (Å²) < 4.78 is 10.7. The smallest absolute Gasteiger partial charge is 0.308 e. The summed E-state index contributed by atoms with van der Waals surface area (Å²) in [7, 11) is 0. The highest BCUT2D eigenvalue weighted by molar-refractivity contribution is 5.72. The molecule has 0 spiro atoms. The van der Waals surface area contributed by atoms with Crippen molar-refractivity contribution < 1.29 is 14.3 Å². The summed E-state index contributed by atoms with van der Waals surface area (Å²) in [5.74, 6) is -0.253. The molecule has 0 fully saturated rings. The summed E-state index contributed by atoms with van der Waals surface area (Å²) in [6.45, 7) is 6.75. The second-order valence-electron chi connectivity index (χ2n) is 4.71. The number of rotatable bonds is 7. The number of carbonyl (C=O) groups excluding carboxylic acids is 1. The fraction of sp³-hybridized carbons (Fsp3) is 0.533. The van der Waals surface area contributed by atoms with Gasteiger partial charge >= 0.3 is 5.97 Å². The third kappa shape index (κ3) is 5.82. The van der Waals surface area contributed by atoms with Crippen molar-refractivity contribution in [1.29, 1.82) is 0 Å². The lowest BCUT2D eigenvalue weighted by atomic mass is 10.1. The Labute approximate surface area is 109 Å². The van der Waals surface area contributed by atoms with E-state index in [2.05, 4.69) is 0 Å². The highest BCUT2D eigenvalue weighted by Gasteiger charge is 2.15. The second kappa shape index (κ2) is 7.88. The van der Waals surface area contributed by atoms with Crippen molar-refractivity contribution in [3.8, 4) is 0 Å². The van der Waals surface area contributed by atoms with Crippen LogP contribution in [0.3, 0.4) is 0 Å². The van der Waals surface area contributed by atoms with Crippen LogP contribution >= 0.6 is 0 Å². The maximum atomic E-state index is 11.5. The van der Waals surface area contributed by atoms with Crippen LogP contribution in [0.2, 0.25) is 0 Å². The third-order valence-electron chi connectivity index (χ3n) is 2.56. The zero-order valence-corrected chi connectivity index (χ0v) is 11.4. The van der Waals surface area contributed by atoms with Crippen LogP contribution in [0.15, 0.2) is 30.3 Å². The normalized spacial score (nSPS) is 12.4. The molecule has 0 aliphatic carbocycles. The minimum absolute atomic E-state index is 0.0508. The van der Waals surface area contributed by atoms with Gasteiger partial charge in [0.2, 0.25) is 0 Å². The van der Waals surface area contributed by atoms with E-state index in [1.165, 1.54) is 0 Å². The predicted molar refractivity (Wildman–Crippen MR) is 71.1 cm³/mol. The van der Waals surface area contributed by atoms with E-state index in [-0.39, 0.29) is 18.0 Å². The Morgan fingerprint density at radius 1 is 1.17 bits per heavy atom. The Bertz CT molecular complexity index is 346. The number of hydrogen-bond acceptors (Lipinski definition) is 3. The Kier molecular flexibility index (Phi) is 6.44. The molecule has 1 rings (SSSR count). The summed E-state index contributed by atoms with van der Waals surface area (Å²) in [5.41, 5.74) is 1.15. The largest absolute Gasteiger partial charge is 0.463 e. The van der Waals surface area contributed by atoms with Gasteiger partial charge in [0.25, 0.3) is 0 Å². The maximum absolute atomic E-state index is 11.5. The molecule has 0 N–H and O–H groups in total. The minimum atomic E-state index is -0.145. The first-order chi connectivity index (χ1) is 8.59. The van der Waals surface area contributed by atoms with E-state index in [0.29, 0.717) is 19.6 Å². The first-order valence-corrected chi connectivity index (χ1v) is 6.41. The van der Waals surface area contributed by atoms with Gasteiger partial charge in [-0.25, -0.2) is 0 Å². The van der Waals surface area contributed by atoms with Crippen LogP contribution in [0.4, 0.5) is 0 Å². The van der Waals surface area contributed by atoms with Crippen molar-refractivity contribution in [2.45, 2.75) is 39.9 Å². The summed E-state index contributed by atoms with van der Waals surface area (Å²) in [6.07, 6.45) is 0.642.